The molecule has 3 amide bonds. The van der Waals surface area contributed by atoms with E-state index in [1.165, 1.54) is 30.4 Å². The summed E-state index contributed by atoms with van der Waals surface area (Å²) in [6.07, 6.45) is 9.66. The number of amides is 3. The highest BCUT2D eigenvalue weighted by molar-refractivity contribution is 5.77. The van der Waals surface area contributed by atoms with Crippen molar-refractivity contribution in [3.63, 3.8) is 0 Å². The van der Waals surface area contributed by atoms with E-state index in [-0.39, 0.29) is 17.4 Å². The Bertz CT molecular complexity index is 775. The van der Waals surface area contributed by atoms with Gasteiger partial charge in [0, 0.05) is 38.6 Å². The predicted molar refractivity (Wildman–Crippen MR) is 124 cm³/mol. The molecule has 2 fully saturated rings. The zero-order valence-corrected chi connectivity index (χ0v) is 19.4. The van der Waals surface area contributed by atoms with E-state index in [1.54, 1.807) is 0 Å². The summed E-state index contributed by atoms with van der Waals surface area (Å²) in [5.74, 6) is 0.568. The van der Waals surface area contributed by atoms with Crippen molar-refractivity contribution < 1.29 is 9.59 Å². The Morgan fingerprint density at radius 2 is 1.74 bits per heavy atom. The van der Waals surface area contributed by atoms with E-state index in [9.17, 15) is 9.59 Å². The minimum atomic E-state index is 0.117. The standard InChI is InChI=1S/C26H39N3O2/c1-3-28(4-2)24(30)18-20-19-26(23-13-9-8-12-22(20)23)14-16-29(17-15-26)25(31)27-21-10-6-5-7-11-21/h8-9,12-13,20-21H,3-7,10-11,14-19H2,1-2H3,(H,27,31). The number of rotatable bonds is 5. The molecule has 3 aliphatic rings. The second-order valence-electron chi connectivity index (χ2n) is 9.81. The summed E-state index contributed by atoms with van der Waals surface area (Å²) in [5, 5.41) is 3.28. The van der Waals surface area contributed by atoms with Gasteiger partial charge >= 0.3 is 6.03 Å². The molecule has 0 radical (unpaired) electrons. The molecule has 1 atom stereocenters. The maximum absolute atomic E-state index is 12.8. The number of hydrogen-bond acceptors (Lipinski definition) is 2. The molecule has 170 valence electrons. The van der Waals surface area contributed by atoms with Crippen molar-refractivity contribution in [1.82, 2.24) is 15.1 Å². The number of nitrogens with zero attached hydrogens (tertiary/aromatic N) is 2. The maximum atomic E-state index is 12.8. The molecule has 0 bridgehead atoms. The van der Waals surface area contributed by atoms with Crippen molar-refractivity contribution in [2.24, 2.45) is 0 Å². The Balaban J connectivity index is 1.41. The normalized spacial score (nSPS) is 22.9. The molecule has 1 unspecified atom stereocenters. The summed E-state index contributed by atoms with van der Waals surface area (Å²) < 4.78 is 0. The molecule has 1 heterocycles. The van der Waals surface area contributed by atoms with Crippen LogP contribution in [0.15, 0.2) is 24.3 Å². The van der Waals surface area contributed by atoms with Gasteiger partial charge in [-0.1, -0.05) is 43.5 Å². The molecule has 1 aliphatic heterocycles. The average molecular weight is 426 g/mol. The number of carbonyl (C=O) groups is 2. The SMILES string of the molecule is CCN(CC)C(=O)CC1CC2(CCN(C(=O)NC3CCCCC3)CC2)c2ccccc21. The van der Waals surface area contributed by atoms with Gasteiger partial charge in [0.15, 0.2) is 0 Å². The van der Waals surface area contributed by atoms with E-state index in [1.807, 2.05) is 9.80 Å². The van der Waals surface area contributed by atoms with Crippen molar-refractivity contribution in [1.29, 1.82) is 0 Å². The molecule has 5 heteroatoms. The third kappa shape index (κ3) is 4.61. The molecular weight excluding hydrogens is 386 g/mol. The first-order valence-electron chi connectivity index (χ1n) is 12.5. The molecule has 1 aromatic carbocycles. The molecule has 2 aliphatic carbocycles. The van der Waals surface area contributed by atoms with Crippen LogP contribution in [0.1, 0.15) is 88.7 Å². The Morgan fingerprint density at radius 1 is 1.06 bits per heavy atom. The number of fused-ring (bicyclic) bond motifs is 2. The largest absolute Gasteiger partial charge is 0.343 e. The highest BCUT2D eigenvalue weighted by Gasteiger charge is 2.46. The minimum absolute atomic E-state index is 0.117. The average Bonchev–Trinajstić information content (AvgIpc) is 3.09. The van der Waals surface area contributed by atoms with Crippen molar-refractivity contribution in [2.45, 2.75) is 89.0 Å². The van der Waals surface area contributed by atoms with Crippen LogP contribution in [0, 0.1) is 0 Å². The van der Waals surface area contributed by atoms with Crippen LogP contribution in [0.5, 0.6) is 0 Å². The molecule has 1 N–H and O–H groups in total. The lowest BCUT2D eigenvalue weighted by atomic mass is 9.73. The van der Waals surface area contributed by atoms with Gasteiger partial charge in [-0.15, -0.1) is 0 Å². The van der Waals surface area contributed by atoms with Crippen LogP contribution in [0.4, 0.5) is 4.79 Å². The fourth-order valence-electron chi connectivity index (χ4n) is 6.25. The molecule has 1 saturated carbocycles. The van der Waals surface area contributed by atoms with Gasteiger partial charge in [0.1, 0.15) is 0 Å². The van der Waals surface area contributed by atoms with Crippen molar-refractivity contribution >= 4 is 11.9 Å². The lowest BCUT2D eigenvalue weighted by molar-refractivity contribution is -0.131. The summed E-state index contributed by atoms with van der Waals surface area (Å²) in [4.78, 5) is 29.6. The van der Waals surface area contributed by atoms with Gasteiger partial charge in [-0.2, -0.15) is 0 Å². The second kappa shape index (κ2) is 9.62. The van der Waals surface area contributed by atoms with Crippen LogP contribution in [0.2, 0.25) is 0 Å². The van der Waals surface area contributed by atoms with Crippen LogP contribution in [0.3, 0.4) is 0 Å². The van der Waals surface area contributed by atoms with Crippen LogP contribution in [0.25, 0.3) is 0 Å². The van der Waals surface area contributed by atoms with Gasteiger partial charge in [-0.25, -0.2) is 4.79 Å². The van der Waals surface area contributed by atoms with Crippen LogP contribution < -0.4 is 5.32 Å². The number of nitrogens with one attached hydrogen (secondary N) is 1. The topological polar surface area (TPSA) is 52.7 Å². The monoisotopic (exact) mass is 425 g/mol. The van der Waals surface area contributed by atoms with Gasteiger partial charge in [0.25, 0.3) is 0 Å². The van der Waals surface area contributed by atoms with E-state index < -0.39 is 0 Å². The first-order chi connectivity index (χ1) is 15.1. The van der Waals surface area contributed by atoms with Gasteiger partial charge in [-0.3, -0.25) is 4.79 Å². The predicted octanol–water partition coefficient (Wildman–Crippen LogP) is 4.81. The molecule has 31 heavy (non-hydrogen) atoms. The van der Waals surface area contributed by atoms with Gasteiger partial charge in [0.05, 0.1) is 0 Å². The molecule has 4 rings (SSSR count). The number of piperidine rings is 1. The first-order valence-corrected chi connectivity index (χ1v) is 12.5. The number of carbonyl (C=O) groups excluding carboxylic acids is 2. The molecule has 1 spiro atoms. The molecule has 1 aromatic rings. The Kier molecular flexibility index (Phi) is 6.88. The zero-order chi connectivity index (χ0) is 21.8. The van der Waals surface area contributed by atoms with E-state index in [0.29, 0.717) is 18.4 Å². The van der Waals surface area contributed by atoms with E-state index in [4.69, 9.17) is 0 Å². The number of likely N-dealkylation sites (tertiary alicyclic amines) is 1. The number of urea groups is 1. The van der Waals surface area contributed by atoms with Crippen LogP contribution in [-0.4, -0.2) is 54.0 Å². The number of benzene rings is 1. The minimum Gasteiger partial charge on any atom is -0.343 e. The fourth-order valence-corrected chi connectivity index (χ4v) is 6.25. The molecular formula is C26H39N3O2. The van der Waals surface area contributed by atoms with E-state index in [2.05, 4.69) is 43.4 Å². The van der Waals surface area contributed by atoms with E-state index >= 15 is 0 Å². The summed E-state index contributed by atoms with van der Waals surface area (Å²) in [5.41, 5.74) is 2.91. The Hall–Kier alpha value is -2.04. The van der Waals surface area contributed by atoms with Crippen LogP contribution >= 0.6 is 0 Å². The summed E-state index contributed by atoms with van der Waals surface area (Å²) in [6, 6.07) is 9.24. The first kappa shape index (κ1) is 22.2. The third-order valence-corrected chi connectivity index (χ3v) is 8.09. The van der Waals surface area contributed by atoms with Crippen molar-refractivity contribution in [2.75, 3.05) is 26.2 Å². The second-order valence-corrected chi connectivity index (χ2v) is 9.81. The smallest absolute Gasteiger partial charge is 0.317 e. The van der Waals surface area contributed by atoms with Gasteiger partial charge in [-0.05, 0) is 68.4 Å². The summed E-state index contributed by atoms with van der Waals surface area (Å²) in [7, 11) is 0. The molecule has 5 nitrogen and oxygen atoms in total. The molecule has 1 saturated heterocycles. The van der Waals surface area contributed by atoms with Gasteiger partial charge < -0.3 is 15.1 Å². The quantitative estimate of drug-likeness (QED) is 0.736. The lowest BCUT2D eigenvalue weighted by Gasteiger charge is -2.41. The fraction of sp³-hybridized carbons (Fsp3) is 0.692. The zero-order valence-electron chi connectivity index (χ0n) is 19.4. The van der Waals surface area contributed by atoms with Gasteiger partial charge in [0.2, 0.25) is 5.91 Å². The van der Waals surface area contributed by atoms with E-state index in [0.717, 1.165) is 58.3 Å². The van der Waals surface area contributed by atoms with Crippen molar-refractivity contribution in [3.8, 4) is 0 Å². The number of hydrogen-bond donors (Lipinski definition) is 1. The maximum Gasteiger partial charge on any atom is 0.317 e. The highest BCUT2D eigenvalue weighted by atomic mass is 16.2. The summed E-state index contributed by atoms with van der Waals surface area (Å²) >= 11 is 0. The Labute approximate surface area is 187 Å². The summed E-state index contributed by atoms with van der Waals surface area (Å²) in [6.45, 7) is 7.28. The Morgan fingerprint density at radius 3 is 2.42 bits per heavy atom. The lowest BCUT2D eigenvalue weighted by Crippen LogP contribution is -2.50. The van der Waals surface area contributed by atoms with Crippen LogP contribution in [-0.2, 0) is 10.2 Å². The highest BCUT2D eigenvalue weighted by Crippen LogP contribution is 2.52. The third-order valence-electron chi connectivity index (χ3n) is 8.09. The molecule has 0 aromatic heterocycles. The van der Waals surface area contributed by atoms with Crippen molar-refractivity contribution in [3.05, 3.63) is 35.4 Å².